The van der Waals surface area contributed by atoms with Crippen LogP contribution in [-0.4, -0.2) is 28.6 Å². The molecule has 3 heteroatoms. The van der Waals surface area contributed by atoms with E-state index in [0.29, 0.717) is 0 Å². The number of thioether (sulfide) groups is 1. The maximum Gasteiger partial charge on any atom is 0.136 e. The molecule has 0 unspecified atom stereocenters. The van der Waals surface area contributed by atoms with Crippen molar-refractivity contribution in [3.63, 3.8) is 0 Å². The van der Waals surface area contributed by atoms with Crippen LogP contribution in [0.25, 0.3) is 0 Å². The van der Waals surface area contributed by atoms with E-state index in [1.165, 1.54) is 5.75 Å². The zero-order chi connectivity index (χ0) is 5.28. The normalized spacial score (nSPS) is 21.3. The lowest BCUT2D eigenvalue weighted by Gasteiger charge is -2.05. The van der Waals surface area contributed by atoms with Crippen LogP contribution in [0.5, 0.6) is 0 Å². The Morgan fingerprint density at radius 3 is 2.71 bits per heavy atom. The summed E-state index contributed by atoms with van der Waals surface area (Å²) in [5.41, 5.74) is 0. The maximum atomic E-state index is 4.93. The first kappa shape index (κ1) is 5.38. The maximum absolute atomic E-state index is 4.93. The molecule has 1 heterocycles. The summed E-state index contributed by atoms with van der Waals surface area (Å²) in [6.07, 6.45) is 0. The van der Waals surface area contributed by atoms with Crippen LogP contribution in [0.2, 0.25) is 0 Å². The van der Waals surface area contributed by atoms with Crippen LogP contribution in [0.3, 0.4) is 0 Å². The van der Waals surface area contributed by atoms with Gasteiger partial charge in [0, 0.05) is 19.3 Å². The van der Waals surface area contributed by atoms with Gasteiger partial charge >= 0.3 is 0 Å². The summed E-state index contributed by atoms with van der Waals surface area (Å²) < 4.78 is 1.04. The Kier molecular flexibility index (Phi) is 1.54. The fraction of sp³-hybridized carbons (Fsp3) is 0.750. The Hall–Kier alpha value is 0.240. The molecule has 1 saturated heterocycles. The molecule has 0 saturated carbocycles. The highest BCUT2D eigenvalue weighted by Crippen LogP contribution is 2.14. The number of rotatable bonds is 0. The molecule has 0 radical (unpaired) electrons. The molecule has 0 bridgehead atoms. The molecule has 0 aliphatic carbocycles. The van der Waals surface area contributed by atoms with Gasteiger partial charge in [-0.2, -0.15) is 0 Å². The van der Waals surface area contributed by atoms with Crippen LogP contribution in [0.15, 0.2) is 0 Å². The SMILES string of the molecule is CN1CCSC1=S. The van der Waals surface area contributed by atoms with Gasteiger partial charge in [0.1, 0.15) is 4.32 Å². The predicted octanol–water partition coefficient (Wildman–Crippen LogP) is 0.950. The fourth-order valence-corrected chi connectivity index (χ4v) is 1.66. The second-order valence-corrected chi connectivity index (χ2v) is 3.26. The highest BCUT2D eigenvalue weighted by atomic mass is 32.2. The average molecular weight is 133 g/mol. The van der Waals surface area contributed by atoms with Gasteiger partial charge in [-0.25, -0.2) is 0 Å². The van der Waals surface area contributed by atoms with Gasteiger partial charge in [-0.15, -0.1) is 0 Å². The van der Waals surface area contributed by atoms with E-state index in [0.717, 1.165) is 10.9 Å². The summed E-state index contributed by atoms with van der Waals surface area (Å²) in [5, 5.41) is 0. The van der Waals surface area contributed by atoms with Gasteiger partial charge in [0.2, 0.25) is 0 Å². The Labute approximate surface area is 53.1 Å². The molecule has 0 aromatic carbocycles. The standard InChI is InChI=1S/C4H7NS2/c1-5-2-3-7-4(5)6/h2-3H2,1H3. The molecule has 0 spiro atoms. The van der Waals surface area contributed by atoms with Crippen molar-refractivity contribution in [3.05, 3.63) is 0 Å². The first-order valence-electron chi connectivity index (χ1n) is 2.18. The molecule has 1 fully saturated rings. The van der Waals surface area contributed by atoms with Crippen molar-refractivity contribution in [3.8, 4) is 0 Å². The third kappa shape index (κ3) is 1.07. The minimum absolute atomic E-state index is 1.04. The second-order valence-electron chi connectivity index (χ2n) is 1.54. The van der Waals surface area contributed by atoms with Gasteiger partial charge in [0.05, 0.1) is 0 Å². The average Bonchev–Trinajstić information content (AvgIpc) is 1.91. The number of nitrogens with zero attached hydrogens (tertiary/aromatic N) is 1. The summed E-state index contributed by atoms with van der Waals surface area (Å²) in [6.45, 7) is 1.13. The van der Waals surface area contributed by atoms with Crippen LogP contribution < -0.4 is 0 Å². The second kappa shape index (κ2) is 2.01. The number of hydrogen-bond donors (Lipinski definition) is 0. The first-order valence-corrected chi connectivity index (χ1v) is 3.58. The molecular formula is C4H7NS2. The fourth-order valence-electron chi connectivity index (χ4n) is 0.471. The molecular weight excluding hydrogens is 126 g/mol. The topological polar surface area (TPSA) is 3.24 Å². The monoisotopic (exact) mass is 133 g/mol. The van der Waals surface area contributed by atoms with Crippen molar-refractivity contribution in [1.82, 2.24) is 4.90 Å². The zero-order valence-electron chi connectivity index (χ0n) is 4.18. The minimum atomic E-state index is 1.04. The largest absolute Gasteiger partial charge is 0.360 e. The summed E-state index contributed by atoms with van der Waals surface area (Å²) in [7, 11) is 2.03. The van der Waals surface area contributed by atoms with E-state index >= 15 is 0 Å². The molecule has 1 rings (SSSR count). The van der Waals surface area contributed by atoms with Crippen molar-refractivity contribution in [2.24, 2.45) is 0 Å². The molecule has 1 aliphatic heterocycles. The smallest absolute Gasteiger partial charge is 0.136 e. The van der Waals surface area contributed by atoms with Gasteiger partial charge in [-0.3, -0.25) is 0 Å². The molecule has 40 valence electrons. The lowest BCUT2D eigenvalue weighted by Crippen LogP contribution is -2.15. The number of thiocarbonyl (C=S) groups is 1. The van der Waals surface area contributed by atoms with E-state index in [4.69, 9.17) is 12.2 Å². The highest BCUT2D eigenvalue weighted by Gasteiger charge is 2.10. The van der Waals surface area contributed by atoms with E-state index in [2.05, 4.69) is 4.90 Å². The van der Waals surface area contributed by atoms with Crippen LogP contribution >= 0.6 is 24.0 Å². The van der Waals surface area contributed by atoms with Crippen LogP contribution in [0.4, 0.5) is 0 Å². The zero-order valence-corrected chi connectivity index (χ0v) is 5.81. The van der Waals surface area contributed by atoms with E-state index in [9.17, 15) is 0 Å². The molecule has 7 heavy (non-hydrogen) atoms. The van der Waals surface area contributed by atoms with Crippen LogP contribution in [-0.2, 0) is 0 Å². The van der Waals surface area contributed by atoms with Crippen molar-refractivity contribution in [2.75, 3.05) is 19.3 Å². The van der Waals surface area contributed by atoms with Crippen molar-refractivity contribution in [1.29, 1.82) is 0 Å². The van der Waals surface area contributed by atoms with Crippen molar-refractivity contribution >= 4 is 28.3 Å². The Morgan fingerprint density at radius 1 is 1.86 bits per heavy atom. The van der Waals surface area contributed by atoms with Crippen LogP contribution in [0, 0.1) is 0 Å². The minimum Gasteiger partial charge on any atom is -0.360 e. The van der Waals surface area contributed by atoms with Gasteiger partial charge < -0.3 is 4.90 Å². The molecule has 0 aromatic heterocycles. The Balaban J connectivity index is 2.48. The quantitative estimate of drug-likeness (QED) is 0.453. The Bertz CT molecular complexity index is 91.7. The molecule has 0 atom stereocenters. The predicted molar refractivity (Wildman–Crippen MR) is 37.7 cm³/mol. The van der Waals surface area contributed by atoms with Gasteiger partial charge in [-0.1, -0.05) is 24.0 Å². The lowest BCUT2D eigenvalue weighted by molar-refractivity contribution is 0.572. The van der Waals surface area contributed by atoms with E-state index in [-0.39, 0.29) is 0 Å². The van der Waals surface area contributed by atoms with Crippen LogP contribution in [0.1, 0.15) is 0 Å². The van der Waals surface area contributed by atoms with Crippen molar-refractivity contribution in [2.45, 2.75) is 0 Å². The van der Waals surface area contributed by atoms with E-state index in [1.807, 2.05) is 7.05 Å². The molecule has 1 aliphatic rings. The molecule has 0 amide bonds. The summed E-state index contributed by atoms with van der Waals surface area (Å²) in [4.78, 5) is 2.10. The Morgan fingerprint density at radius 2 is 2.57 bits per heavy atom. The third-order valence-electron chi connectivity index (χ3n) is 0.964. The van der Waals surface area contributed by atoms with Gasteiger partial charge in [0.15, 0.2) is 0 Å². The molecule has 0 N–H and O–H groups in total. The lowest BCUT2D eigenvalue weighted by atomic mass is 10.7. The highest BCUT2D eigenvalue weighted by molar-refractivity contribution is 8.23. The van der Waals surface area contributed by atoms with E-state index in [1.54, 1.807) is 11.8 Å². The molecule has 0 aromatic rings. The van der Waals surface area contributed by atoms with Gasteiger partial charge in [0.25, 0.3) is 0 Å². The van der Waals surface area contributed by atoms with E-state index < -0.39 is 0 Å². The van der Waals surface area contributed by atoms with Crippen molar-refractivity contribution < 1.29 is 0 Å². The third-order valence-corrected chi connectivity index (χ3v) is 2.57. The number of hydrogen-bond acceptors (Lipinski definition) is 2. The summed E-state index contributed by atoms with van der Waals surface area (Å²) in [6, 6.07) is 0. The summed E-state index contributed by atoms with van der Waals surface area (Å²) >= 11 is 6.69. The summed E-state index contributed by atoms with van der Waals surface area (Å²) in [5.74, 6) is 1.18. The molecule has 1 nitrogen and oxygen atoms in total. The van der Waals surface area contributed by atoms with Gasteiger partial charge in [-0.05, 0) is 0 Å². The first-order chi connectivity index (χ1) is 3.30.